The zero-order valence-corrected chi connectivity index (χ0v) is 23.0. The van der Waals surface area contributed by atoms with Gasteiger partial charge in [-0.3, -0.25) is 14.2 Å². The summed E-state index contributed by atoms with van der Waals surface area (Å²) in [5, 5.41) is 10.1. The topological polar surface area (TPSA) is 84.7 Å². The molecule has 5 aliphatic rings. The van der Waals surface area contributed by atoms with Crippen molar-refractivity contribution in [3.05, 3.63) is 63.9 Å². The van der Waals surface area contributed by atoms with Crippen molar-refractivity contribution in [2.45, 2.75) is 57.4 Å². The van der Waals surface area contributed by atoms with Crippen LogP contribution in [0.15, 0.2) is 41.3 Å². The van der Waals surface area contributed by atoms with E-state index in [-0.39, 0.29) is 46.1 Å². The smallest absolute Gasteiger partial charge is 0.201 e. The van der Waals surface area contributed by atoms with Crippen molar-refractivity contribution in [2.24, 2.45) is 23.2 Å². The van der Waals surface area contributed by atoms with Crippen LogP contribution in [0.2, 0.25) is 0 Å². The third kappa shape index (κ3) is 4.77. The van der Waals surface area contributed by atoms with Crippen molar-refractivity contribution in [1.82, 2.24) is 9.55 Å². The molecule has 216 valence electrons. The Labute approximate surface area is 237 Å². The zero-order chi connectivity index (χ0) is 28.3. The number of ketones is 1. The summed E-state index contributed by atoms with van der Waals surface area (Å²) < 4.78 is 36.0. The van der Waals surface area contributed by atoms with E-state index in [1.165, 1.54) is 36.1 Å². The molecular formula is C32H35F2N3O4. The molecule has 3 heterocycles. The highest BCUT2D eigenvalue weighted by Crippen LogP contribution is 2.58. The number of carbonyl (C=O) groups excluding carboxylic acids is 1. The van der Waals surface area contributed by atoms with Gasteiger partial charge in [-0.1, -0.05) is 0 Å². The van der Waals surface area contributed by atoms with E-state index < -0.39 is 17.1 Å². The van der Waals surface area contributed by atoms with Crippen LogP contribution in [0.25, 0.3) is 16.7 Å². The molecule has 2 unspecified atom stereocenters. The highest BCUT2D eigenvalue weighted by atomic mass is 19.1. The van der Waals surface area contributed by atoms with Crippen LogP contribution in [0, 0.1) is 34.8 Å². The van der Waals surface area contributed by atoms with Gasteiger partial charge in [0.15, 0.2) is 11.4 Å². The van der Waals surface area contributed by atoms with Gasteiger partial charge in [0.05, 0.1) is 42.5 Å². The van der Waals surface area contributed by atoms with E-state index in [1.54, 1.807) is 12.1 Å². The summed E-state index contributed by atoms with van der Waals surface area (Å²) in [5.41, 5.74) is -0.319. The average Bonchev–Trinajstić information content (AvgIpc) is 3.16. The first-order valence-corrected chi connectivity index (χ1v) is 14.8. The van der Waals surface area contributed by atoms with Gasteiger partial charge in [-0.25, -0.2) is 13.8 Å². The first-order chi connectivity index (χ1) is 19.8. The van der Waals surface area contributed by atoms with Crippen molar-refractivity contribution in [3.63, 3.8) is 0 Å². The number of hydrogen-bond donors (Lipinski definition) is 1. The van der Waals surface area contributed by atoms with Crippen LogP contribution in [-0.2, 0) is 4.74 Å². The minimum Gasteiger partial charge on any atom is -0.394 e. The molecular weight excluding hydrogens is 528 g/mol. The van der Waals surface area contributed by atoms with Crippen molar-refractivity contribution in [2.75, 3.05) is 31.3 Å². The number of Topliss-reactive ketones (excluding diaryl/α,β-unsaturated/α-hetero) is 1. The van der Waals surface area contributed by atoms with E-state index in [1.807, 2.05) is 4.90 Å². The van der Waals surface area contributed by atoms with Crippen LogP contribution in [0.4, 0.5) is 14.6 Å². The second-order valence-electron chi connectivity index (χ2n) is 12.8. The number of aliphatic hydroxyl groups is 1. The Kier molecular flexibility index (Phi) is 6.70. The standard InChI is InChI=1S/C32H35F2N3O4/c33-22-1-3-27(26(34)12-22)37-16-25(28(39)15-32-6-5-19-9-20(13-32)11-21(10-19)14-32)30(40)24-2-4-29(35-31(24)37)36-7-8-41-18-23(36)17-38/h1-4,12,16,19-21,23,38H,5-11,13-15,17-18H2/t19?,20?,21?,23-,32?/m1/s1. The SMILES string of the molecule is O=C(CC12CCC3CC(CC(C3)C1)C2)c1cn(-c2ccc(F)cc2F)c2nc(N3CCOC[C@H]3CO)ccc2c1=O. The van der Waals surface area contributed by atoms with Crippen LogP contribution in [-0.4, -0.2) is 52.8 Å². The van der Waals surface area contributed by atoms with E-state index in [0.717, 1.165) is 43.7 Å². The Morgan fingerprint density at radius 2 is 1.88 bits per heavy atom. The number of fused-ring (bicyclic) bond motifs is 2. The highest BCUT2D eigenvalue weighted by Gasteiger charge is 2.48. The van der Waals surface area contributed by atoms with Gasteiger partial charge in [0, 0.05) is 25.2 Å². The molecule has 0 spiro atoms. The molecule has 0 amide bonds. The lowest BCUT2D eigenvalue weighted by molar-refractivity contribution is 0.0530. The molecule has 1 aliphatic heterocycles. The van der Waals surface area contributed by atoms with Crippen LogP contribution in [0.1, 0.15) is 61.7 Å². The number of nitrogens with zero attached hydrogens (tertiary/aromatic N) is 3. The number of aromatic nitrogens is 2. The van der Waals surface area contributed by atoms with Gasteiger partial charge in [-0.05, 0) is 92.4 Å². The van der Waals surface area contributed by atoms with Crippen LogP contribution in [0.5, 0.6) is 0 Å². The summed E-state index contributed by atoms with van der Waals surface area (Å²) >= 11 is 0. The van der Waals surface area contributed by atoms with Gasteiger partial charge in [-0.2, -0.15) is 0 Å². The number of benzene rings is 1. The number of pyridine rings is 2. The normalized spacial score (nSPS) is 29.2. The van der Waals surface area contributed by atoms with Gasteiger partial charge in [0.1, 0.15) is 17.5 Å². The van der Waals surface area contributed by atoms with E-state index in [4.69, 9.17) is 9.72 Å². The minimum absolute atomic E-state index is 0.00182. The third-order valence-corrected chi connectivity index (χ3v) is 10.1. The molecule has 0 radical (unpaired) electrons. The fraction of sp³-hybridized carbons (Fsp3) is 0.531. The number of carbonyl (C=O) groups is 1. The lowest BCUT2D eigenvalue weighted by Gasteiger charge is -2.45. The Balaban J connectivity index is 1.33. The first kappa shape index (κ1) is 26.7. The Morgan fingerprint density at radius 3 is 2.63 bits per heavy atom. The summed E-state index contributed by atoms with van der Waals surface area (Å²) in [7, 11) is 0. The third-order valence-electron chi connectivity index (χ3n) is 10.1. The molecule has 3 atom stereocenters. The summed E-state index contributed by atoms with van der Waals surface area (Å²) in [6, 6.07) is 6.23. The molecule has 4 bridgehead atoms. The lowest BCUT2D eigenvalue weighted by Crippen LogP contribution is -2.48. The number of aliphatic hydroxyl groups excluding tert-OH is 1. The molecule has 1 saturated heterocycles. The summed E-state index contributed by atoms with van der Waals surface area (Å²) in [6.07, 6.45) is 9.72. The molecule has 1 aromatic carbocycles. The van der Waals surface area contributed by atoms with Crippen molar-refractivity contribution in [3.8, 4) is 5.69 Å². The second-order valence-corrected chi connectivity index (χ2v) is 12.8. The zero-order valence-electron chi connectivity index (χ0n) is 23.0. The Bertz CT molecular complexity index is 1560. The molecule has 4 saturated carbocycles. The van der Waals surface area contributed by atoms with Gasteiger partial charge in [0.25, 0.3) is 0 Å². The van der Waals surface area contributed by atoms with Crippen LogP contribution >= 0.6 is 0 Å². The molecule has 3 aromatic rings. The lowest BCUT2D eigenvalue weighted by atomic mass is 9.60. The predicted octanol–water partition coefficient (Wildman–Crippen LogP) is 5.04. The maximum atomic E-state index is 15.2. The number of rotatable bonds is 6. The van der Waals surface area contributed by atoms with Gasteiger partial charge in [0.2, 0.25) is 5.43 Å². The first-order valence-electron chi connectivity index (χ1n) is 14.8. The highest BCUT2D eigenvalue weighted by molar-refractivity contribution is 5.99. The Hall–Kier alpha value is -3.17. The number of anilines is 1. The molecule has 9 heteroatoms. The number of morpholine rings is 1. The number of hydrogen-bond acceptors (Lipinski definition) is 6. The minimum atomic E-state index is -0.822. The van der Waals surface area contributed by atoms with Crippen LogP contribution < -0.4 is 10.3 Å². The molecule has 8 rings (SSSR count). The predicted molar refractivity (Wildman–Crippen MR) is 150 cm³/mol. The molecule has 1 N–H and O–H groups in total. The van der Waals surface area contributed by atoms with E-state index >= 15 is 4.39 Å². The van der Waals surface area contributed by atoms with E-state index in [9.17, 15) is 19.1 Å². The quantitative estimate of drug-likeness (QED) is 0.423. The van der Waals surface area contributed by atoms with Gasteiger partial charge >= 0.3 is 0 Å². The van der Waals surface area contributed by atoms with E-state index in [2.05, 4.69) is 0 Å². The largest absolute Gasteiger partial charge is 0.394 e. The number of ether oxygens (including phenoxy) is 1. The van der Waals surface area contributed by atoms with Crippen molar-refractivity contribution < 1.29 is 23.4 Å². The fourth-order valence-electron chi connectivity index (χ4n) is 8.48. The van der Waals surface area contributed by atoms with Crippen molar-refractivity contribution in [1.29, 1.82) is 0 Å². The molecule has 2 aromatic heterocycles. The fourth-order valence-corrected chi connectivity index (χ4v) is 8.48. The van der Waals surface area contributed by atoms with Crippen molar-refractivity contribution >= 4 is 22.6 Å². The number of halogens is 2. The average molecular weight is 564 g/mol. The summed E-state index contributed by atoms with van der Waals surface area (Å²) in [5.74, 6) is 0.820. The maximum Gasteiger partial charge on any atom is 0.201 e. The molecule has 7 nitrogen and oxygen atoms in total. The van der Waals surface area contributed by atoms with E-state index in [0.29, 0.717) is 43.8 Å². The van der Waals surface area contributed by atoms with Crippen LogP contribution in [0.3, 0.4) is 0 Å². The Morgan fingerprint density at radius 1 is 1.10 bits per heavy atom. The monoisotopic (exact) mass is 563 g/mol. The molecule has 4 aliphatic carbocycles. The molecule has 41 heavy (non-hydrogen) atoms. The van der Waals surface area contributed by atoms with Gasteiger partial charge in [-0.15, -0.1) is 0 Å². The second kappa shape index (κ2) is 10.3. The summed E-state index contributed by atoms with van der Waals surface area (Å²) in [4.78, 5) is 34.5. The maximum absolute atomic E-state index is 15.2. The molecule has 5 fully saturated rings. The summed E-state index contributed by atoms with van der Waals surface area (Å²) in [6.45, 7) is 1.12. The van der Waals surface area contributed by atoms with Gasteiger partial charge < -0.3 is 14.7 Å².